The molecule has 188 valence electrons. The van der Waals surface area contributed by atoms with Crippen LogP contribution in [-0.4, -0.2) is 33.3 Å². The number of rotatable bonds is 6. The lowest BCUT2D eigenvalue weighted by Gasteiger charge is -2.27. The minimum Gasteiger partial charge on any atom is -0.496 e. The largest absolute Gasteiger partial charge is 0.496 e. The summed E-state index contributed by atoms with van der Waals surface area (Å²) in [4.78, 5) is 40.4. The van der Waals surface area contributed by atoms with E-state index < -0.39 is 17.2 Å². The van der Waals surface area contributed by atoms with Crippen molar-refractivity contribution in [3.8, 4) is 22.9 Å². The van der Waals surface area contributed by atoms with Crippen molar-refractivity contribution in [1.29, 1.82) is 0 Å². The molecule has 2 aliphatic carbocycles. The molecule has 2 aromatic carbocycles. The van der Waals surface area contributed by atoms with Crippen molar-refractivity contribution in [1.82, 2.24) is 20.1 Å². The molecule has 1 aromatic heterocycles. The number of fused-ring (bicyclic) bond motifs is 2. The molecule has 1 amide bonds. The first-order valence-electron chi connectivity index (χ1n) is 11.9. The van der Waals surface area contributed by atoms with Gasteiger partial charge >= 0.3 is 5.69 Å². The minimum atomic E-state index is -0.795. The number of nitrogens with zero attached hydrogens (tertiary/aromatic N) is 2. The summed E-state index contributed by atoms with van der Waals surface area (Å²) in [6, 6.07) is 8.86. The van der Waals surface area contributed by atoms with Crippen LogP contribution in [-0.2, 0) is 0 Å². The second-order valence-electron chi connectivity index (χ2n) is 9.71. The fourth-order valence-corrected chi connectivity index (χ4v) is 5.95. The Bertz CT molecular complexity index is 1450. The smallest absolute Gasteiger partial charge is 0.349 e. The third-order valence-electron chi connectivity index (χ3n) is 7.20. The summed E-state index contributed by atoms with van der Waals surface area (Å²) in [7, 11) is 1.59. The van der Waals surface area contributed by atoms with Crippen LogP contribution in [0.5, 0.6) is 17.2 Å². The number of aryl methyl sites for hydroxylation is 2. The molecule has 2 N–H and O–H groups in total. The zero-order valence-corrected chi connectivity index (χ0v) is 21.9. The third-order valence-corrected chi connectivity index (χ3v) is 7.82. The molecule has 36 heavy (non-hydrogen) atoms. The Hall–Kier alpha value is -3.40. The van der Waals surface area contributed by atoms with Crippen molar-refractivity contribution in [2.45, 2.75) is 51.5 Å². The second kappa shape index (κ2) is 9.24. The number of ether oxygens (including phenoxy) is 2. The maximum atomic E-state index is 13.0. The highest BCUT2D eigenvalue weighted by Gasteiger charge is 2.46. The minimum absolute atomic E-state index is 0.264. The summed E-state index contributed by atoms with van der Waals surface area (Å²) < 4.78 is 13.2. The molecule has 0 aliphatic heterocycles. The number of amides is 1. The Balaban J connectivity index is 1.45. The highest BCUT2D eigenvalue weighted by Crippen LogP contribution is 2.47. The van der Waals surface area contributed by atoms with E-state index in [0.717, 1.165) is 52.4 Å². The maximum absolute atomic E-state index is 13.0. The van der Waals surface area contributed by atoms with E-state index in [1.807, 2.05) is 13.8 Å². The molecule has 2 saturated carbocycles. The summed E-state index contributed by atoms with van der Waals surface area (Å²) in [6.45, 7) is 3.70. The van der Waals surface area contributed by atoms with Gasteiger partial charge in [-0.1, -0.05) is 0 Å². The van der Waals surface area contributed by atoms with Gasteiger partial charge in [0.25, 0.3) is 11.5 Å². The number of H-pyrrole nitrogens is 1. The van der Waals surface area contributed by atoms with Gasteiger partial charge in [-0.15, -0.1) is 0 Å². The second-order valence-corrected chi connectivity index (χ2v) is 10.6. The van der Waals surface area contributed by atoms with Crippen LogP contribution in [0.1, 0.15) is 53.7 Å². The lowest BCUT2D eigenvalue weighted by atomic mass is 9.93. The average molecular weight is 555 g/mol. The zero-order valence-electron chi connectivity index (χ0n) is 20.3. The Morgan fingerprint density at radius 1 is 1.17 bits per heavy atom. The molecular weight excluding hydrogens is 528 g/mol. The lowest BCUT2D eigenvalue weighted by Crippen LogP contribution is -2.48. The quantitative estimate of drug-likeness (QED) is 0.472. The Morgan fingerprint density at radius 2 is 1.86 bits per heavy atom. The molecule has 10 heteroatoms. The summed E-state index contributed by atoms with van der Waals surface area (Å²) in [5.41, 5.74) is -0.172. The van der Waals surface area contributed by atoms with Gasteiger partial charge in [0.1, 0.15) is 17.2 Å². The predicted octanol–water partition coefficient (Wildman–Crippen LogP) is 4.16. The van der Waals surface area contributed by atoms with E-state index in [9.17, 15) is 14.4 Å². The highest BCUT2D eigenvalue weighted by molar-refractivity contribution is 9.10. The van der Waals surface area contributed by atoms with Crippen LogP contribution in [0.25, 0.3) is 5.69 Å². The Labute approximate surface area is 216 Å². The number of halogens is 1. The summed E-state index contributed by atoms with van der Waals surface area (Å²) >= 11 is 3.46. The molecule has 2 fully saturated rings. The van der Waals surface area contributed by atoms with Gasteiger partial charge in [-0.2, -0.15) is 9.78 Å². The van der Waals surface area contributed by atoms with Crippen molar-refractivity contribution >= 4 is 21.8 Å². The van der Waals surface area contributed by atoms with E-state index in [1.54, 1.807) is 37.4 Å². The first-order chi connectivity index (χ1) is 17.2. The monoisotopic (exact) mass is 554 g/mol. The van der Waals surface area contributed by atoms with Crippen LogP contribution in [0, 0.1) is 19.8 Å². The lowest BCUT2D eigenvalue weighted by molar-refractivity contribution is 0.0892. The van der Waals surface area contributed by atoms with Crippen molar-refractivity contribution in [2.75, 3.05) is 7.11 Å². The molecular formula is C26H27BrN4O5. The van der Waals surface area contributed by atoms with Crippen LogP contribution in [0.4, 0.5) is 0 Å². The topological polar surface area (TPSA) is 115 Å². The van der Waals surface area contributed by atoms with Gasteiger partial charge in [-0.05, 0) is 109 Å². The van der Waals surface area contributed by atoms with Crippen molar-refractivity contribution in [3.05, 3.63) is 72.5 Å². The number of nitrogens with one attached hydrogen (secondary N) is 2. The zero-order chi connectivity index (χ0) is 25.6. The molecule has 1 heterocycles. The van der Waals surface area contributed by atoms with Crippen molar-refractivity contribution in [2.24, 2.45) is 5.92 Å². The number of hydrogen-bond acceptors (Lipinski definition) is 6. The molecule has 2 bridgehead atoms. The van der Waals surface area contributed by atoms with E-state index in [-0.39, 0.29) is 11.2 Å². The fraction of sp³-hybridized carbons (Fsp3) is 0.385. The predicted molar refractivity (Wildman–Crippen MR) is 137 cm³/mol. The van der Waals surface area contributed by atoms with Crippen LogP contribution in [0.2, 0.25) is 0 Å². The van der Waals surface area contributed by atoms with Gasteiger partial charge in [0, 0.05) is 5.54 Å². The molecule has 0 radical (unpaired) electrons. The normalized spacial score (nSPS) is 20.4. The van der Waals surface area contributed by atoms with E-state index in [4.69, 9.17) is 9.47 Å². The first kappa shape index (κ1) is 24.3. The van der Waals surface area contributed by atoms with E-state index >= 15 is 0 Å². The molecule has 5 rings (SSSR count). The number of hydrogen-bond donors (Lipinski definition) is 2. The molecule has 0 atom stereocenters. The van der Waals surface area contributed by atoms with Gasteiger partial charge < -0.3 is 14.8 Å². The van der Waals surface area contributed by atoms with Gasteiger partial charge in [0.15, 0.2) is 0 Å². The van der Waals surface area contributed by atoms with Crippen LogP contribution in [0.3, 0.4) is 0 Å². The highest BCUT2D eigenvalue weighted by atomic mass is 79.9. The van der Waals surface area contributed by atoms with Gasteiger partial charge in [-0.25, -0.2) is 4.79 Å². The molecule has 2 aliphatic rings. The van der Waals surface area contributed by atoms with Crippen LogP contribution < -0.4 is 26.0 Å². The number of benzene rings is 2. The summed E-state index contributed by atoms with van der Waals surface area (Å²) in [6.07, 6.45) is 4.92. The molecule has 0 spiro atoms. The SMILES string of the molecule is COc1ccc(Oc2c(C)cc(-n3nc(C(=O)NC45CCC(CC4)C5)c(=O)[nH]c3=O)cc2C)cc1Br. The number of aromatic nitrogens is 3. The number of aromatic amines is 1. The molecule has 3 aromatic rings. The standard InChI is InChI=1S/C26H27BrN4O5/c1-14-10-17(11-15(2)22(14)36-18-4-5-20(35-3)19(27)12-18)31-25(34)28-23(32)21(30-31)24(33)29-26-8-6-16(13-26)7-9-26/h4-5,10-12,16H,6-9,13H2,1-3H3,(H,29,33)(H,28,32,34). The van der Waals surface area contributed by atoms with E-state index in [2.05, 4.69) is 31.3 Å². The average Bonchev–Trinajstić information content (AvgIpc) is 3.42. The van der Waals surface area contributed by atoms with Gasteiger partial charge in [0.05, 0.1) is 17.3 Å². The van der Waals surface area contributed by atoms with Crippen LogP contribution >= 0.6 is 15.9 Å². The van der Waals surface area contributed by atoms with Gasteiger partial charge in [0.2, 0.25) is 5.69 Å². The van der Waals surface area contributed by atoms with Gasteiger partial charge in [-0.3, -0.25) is 14.6 Å². The molecule has 9 nitrogen and oxygen atoms in total. The summed E-state index contributed by atoms with van der Waals surface area (Å²) in [5, 5.41) is 7.22. The molecule has 0 saturated heterocycles. The van der Waals surface area contributed by atoms with Crippen LogP contribution in [0.15, 0.2) is 44.4 Å². The Morgan fingerprint density at radius 3 is 2.44 bits per heavy atom. The maximum Gasteiger partial charge on any atom is 0.349 e. The number of carbonyl (C=O) groups excluding carboxylic acids is 1. The van der Waals surface area contributed by atoms with Crippen molar-refractivity contribution < 1.29 is 14.3 Å². The fourth-order valence-electron chi connectivity index (χ4n) is 5.43. The number of methoxy groups -OCH3 is 1. The first-order valence-corrected chi connectivity index (χ1v) is 12.7. The summed E-state index contributed by atoms with van der Waals surface area (Å²) in [5.74, 6) is 2.01. The Kier molecular flexibility index (Phi) is 6.23. The number of carbonyl (C=O) groups is 1. The van der Waals surface area contributed by atoms with E-state index in [1.165, 1.54) is 0 Å². The van der Waals surface area contributed by atoms with E-state index in [0.29, 0.717) is 28.9 Å². The molecule has 0 unspecified atom stereocenters. The van der Waals surface area contributed by atoms with Crippen molar-refractivity contribution in [3.63, 3.8) is 0 Å². The third kappa shape index (κ3) is 4.45.